The van der Waals surface area contributed by atoms with E-state index in [1.807, 2.05) is 0 Å². The summed E-state index contributed by atoms with van der Waals surface area (Å²) in [4.78, 5) is 11.4. The molecule has 1 atom stereocenters. The summed E-state index contributed by atoms with van der Waals surface area (Å²) in [5.74, 6) is 0. The number of alkyl halides is 3. The molecule has 0 saturated heterocycles. The first-order valence-electron chi connectivity index (χ1n) is 5.75. The van der Waals surface area contributed by atoms with Gasteiger partial charge in [-0.2, -0.15) is 13.2 Å². The molecule has 4 nitrogen and oxygen atoms in total. The number of amides is 2. The fourth-order valence-electron chi connectivity index (χ4n) is 1.39. The topological polar surface area (TPSA) is 67.1 Å². The fourth-order valence-corrected chi connectivity index (χ4v) is 1.39. The normalized spacial score (nSPS) is 12.9. The van der Waals surface area contributed by atoms with Crippen molar-refractivity contribution in [1.82, 2.24) is 5.32 Å². The van der Waals surface area contributed by atoms with Gasteiger partial charge in [-0.25, -0.2) is 4.79 Å². The molecule has 0 aliphatic heterocycles. The summed E-state index contributed by atoms with van der Waals surface area (Å²) in [6.07, 6.45) is -5.33. The molecule has 106 valence electrons. The highest BCUT2D eigenvalue weighted by atomic mass is 19.4. The van der Waals surface area contributed by atoms with Crippen LogP contribution in [0.15, 0.2) is 24.3 Å². The highest BCUT2D eigenvalue weighted by Crippen LogP contribution is 2.18. The number of halogens is 3. The van der Waals surface area contributed by atoms with E-state index in [1.54, 1.807) is 31.2 Å². The third kappa shape index (κ3) is 6.10. The summed E-state index contributed by atoms with van der Waals surface area (Å²) in [6, 6.07) is 5.96. The van der Waals surface area contributed by atoms with Crippen LogP contribution in [0.4, 0.5) is 23.7 Å². The third-order valence-electron chi connectivity index (χ3n) is 2.36. The van der Waals surface area contributed by atoms with E-state index in [9.17, 15) is 18.0 Å². The van der Waals surface area contributed by atoms with Crippen LogP contribution in [0.5, 0.6) is 0 Å². The van der Waals surface area contributed by atoms with Crippen LogP contribution in [0.1, 0.15) is 24.9 Å². The average Bonchev–Trinajstić information content (AvgIpc) is 2.27. The van der Waals surface area contributed by atoms with Gasteiger partial charge in [-0.15, -0.1) is 0 Å². The maximum absolute atomic E-state index is 11.9. The molecule has 0 aromatic heterocycles. The largest absolute Gasteiger partial charge is 0.390 e. The molecule has 2 amide bonds. The van der Waals surface area contributed by atoms with Crippen molar-refractivity contribution in [3.8, 4) is 0 Å². The first-order chi connectivity index (χ1) is 8.78. The van der Waals surface area contributed by atoms with Crippen LogP contribution in [0.25, 0.3) is 0 Å². The lowest BCUT2D eigenvalue weighted by Gasteiger charge is -2.11. The number of nitrogens with two attached hydrogens (primary N) is 1. The Balaban J connectivity index is 2.46. The van der Waals surface area contributed by atoms with Gasteiger partial charge in [0.2, 0.25) is 0 Å². The molecule has 0 spiro atoms. The van der Waals surface area contributed by atoms with Crippen LogP contribution in [0.3, 0.4) is 0 Å². The van der Waals surface area contributed by atoms with E-state index in [-0.39, 0.29) is 6.04 Å². The van der Waals surface area contributed by atoms with Gasteiger partial charge in [0, 0.05) is 18.3 Å². The van der Waals surface area contributed by atoms with Crippen LogP contribution < -0.4 is 16.4 Å². The Morgan fingerprint density at radius 3 is 2.68 bits per heavy atom. The zero-order valence-corrected chi connectivity index (χ0v) is 10.4. The van der Waals surface area contributed by atoms with Gasteiger partial charge >= 0.3 is 12.2 Å². The molecule has 7 heteroatoms. The number of carbonyl (C=O) groups is 1. The maximum Gasteiger partial charge on any atom is 0.390 e. The number of hydrogen-bond donors (Lipinski definition) is 3. The molecule has 1 unspecified atom stereocenters. The molecule has 0 fully saturated rings. The van der Waals surface area contributed by atoms with Crippen molar-refractivity contribution in [2.24, 2.45) is 5.73 Å². The summed E-state index contributed by atoms with van der Waals surface area (Å²) in [5.41, 5.74) is 7.00. The van der Waals surface area contributed by atoms with Crippen LogP contribution in [-0.2, 0) is 0 Å². The minimum Gasteiger partial charge on any atom is -0.338 e. The van der Waals surface area contributed by atoms with Gasteiger partial charge in [-0.1, -0.05) is 12.1 Å². The average molecular weight is 275 g/mol. The second-order valence-corrected chi connectivity index (χ2v) is 4.16. The van der Waals surface area contributed by atoms with Crippen molar-refractivity contribution in [3.05, 3.63) is 29.8 Å². The monoisotopic (exact) mass is 275 g/mol. The van der Waals surface area contributed by atoms with E-state index < -0.39 is 25.2 Å². The molecule has 4 N–H and O–H groups in total. The molecule has 1 rings (SSSR count). The quantitative estimate of drug-likeness (QED) is 0.791. The van der Waals surface area contributed by atoms with Crippen molar-refractivity contribution in [1.29, 1.82) is 0 Å². The van der Waals surface area contributed by atoms with Crippen molar-refractivity contribution in [2.75, 3.05) is 11.9 Å². The minimum atomic E-state index is -4.28. The SMILES string of the molecule is CC(N)c1cccc(NC(=O)NCCC(F)(F)F)c1. The Bertz CT molecular complexity index is 432. The second-order valence-electron chi connectivity index (χ2n) is 4.16. The highest BCUT2D eigenvalue weighted by molar-refractivity contribution is 5.89. The first-order valence-corrected chi connectivity index (χ1v) is 5.75. The van der Waals surface area contributed by atoms with Crippen LogP contribution in [-0.4, -0.2) is 18.8 Å². The van der Waals surface area contributed by atoms with E-state index in [4.69, 9.17) is 5.73 Å². The Hall–Kier alpha value is -1.76. The Morgan fingerprint density at radius 1 is 1.42 bits per heavy atom. The lowest BCUT2D eigenvalue weighted by molar-refractivity contribution is -0.132. The van der Waals surface area contributed by atoms with Crippen LogP contribution in [0.2, 0.25) is 0 Å². The molecule has 0 aliphatic rings. The third-order valence-corrected chi connectivity index (χ3v) is 2.36. The number of hydrogen-bond acceptors (Lipinski definition) is 2. The highest BCUT2D eigenvalue weighted by Gasteiger charge is 2.26. The molecule has 0 saturated carbocycles. The number of benzene rings is 1. The predicted octanol–water partition coefficient (Wildman–Crippen LogP) is 2.78. The molecule has 1 aromatic carbocycles. The molecular weight excluding hydrogens is 259 g/mol. The number of carbonyl (C=O) groups excluding carboxylic acids is 1. The van der Waals surface area contributed by atoms with Crippen molar-refractivity contribution >= 4 is 11.7 Å². The molecule has 0 aliphatic carbocycles. The second kappa shape index (κ2) is 6.42. The molecule has 0 radical (unpaired) electrons. The zero-order valence-electron chi connectivity index (χ0n) is 10.4. The van der Waals surface area contributed by atoms with Gasteiger partial charge in [0.05, 0.1) is 6.42 Å². The van der Waals surface area contributed by atoms with Crippen molar-refractivity contribution in [3.63, 3.8) is 0 Å². The van der Waals surface area contributed by atoms with Gasteiger partial charge in [-0.05, 0) is 24.6 Å². The standard InChI is InChI=1S/C12H16F3N3O/c1-8(16)9-3-2-4-10(7-9)18-11(19)17-6-5-12(13,14)15/h2-4,7-8H,5-6,16H2,1H3,(H2,17,18,19). The van der Waals surface area contributed by atoms with Crippen LogP contribution >= 0.6 is 0 Å². The lowest BCUT2D eigenvalue weighted by Crippen LogP contribution is -2.31. The Morgan fingerprint density at radius 2 is 2.11 bits per heavy atom. The fraction of sp³-hybridized carbons (Fsp3) is 0.417. The number of anilines is 1. The summed E-state index contributed by atoms with van der Waals surface area (Å²) < 4.78 is 35.7. The molecule has 19 heavy (non-hydrogen) atoms. The minimum absolute atomic E-state index is 0.185. The number of urea groups is 1. The van der Waals surface area contributed by atoms with E-state index in [1.165, 1.54) is 0 Å². The van der Waals surface area contributed by atoms with Gasteiger partial charge in [-0.3, -0.25) is 0 Å². The van der Waals surface area contributed by atoms with Crippen molar-refractivity contribution in [2.45, 2.75) is 25.6 Å². The van der Waals surface area contributed by atoms with E-state index >= 15 is 0 Å². The predicted molar refractivity (Wildman–Crippen MR) is 66.7 cm³/mol. The van der Waals surface area contributed by atoms with Crippen LogP contribution in [0, 0.1) is 0 Å². The lowest BCUT2D eigenvalue weighted by atomic mass is 10.1. The summed E-state index contributed by atoms with van der Waals surface area (Å²) in [7, 11) is 0. The zero-order chi connectivity index (χ0) is 14.5. The summed E-state index contributed by atoms with van der Waals surface area (Å²) in [6.45, 7) is 1.34. The van der Waals surface area contributed by atoms with E-state index in [0.717, 1.165) is 5.56 Å². The molecule has 0 bridgehead atoms. The molecular formula is C12H16F3N3O. The Labute approximate surface area is 109 Å². The summed E-state index contributed by atoms with van der Waals surface area (Å²) in [5, 5.41) is 4.59. The summed E-state index contributed by atoms with van der Waals surface area (Å²) >= 11 is 0. The smallest absolute Gasteiger partial charge is 0.338 e. The van der Waals surface area contributed by atoms with Crippen molar-refractivity contribution < 1.29 is 18.0 Å². The van der Waals surface area contributed by atoms with Gasteiger partial charge < -0.3 is 16.4 Å². The van der Waals surface area contributed by atoms with E-state index in [0.29, 0.717) is 5.69 Å². The van der Waals surface area contributed by atoms with E-state index in [2.05, 4.69) is 10.6 Å². The molecule has 1 aromatic rings. The molecule has 0 heterocycles. The van der Waals surface area contributed by atoms with Gasteiger partial charge in [0.25, 0.3) is 0 Å². The number of rotatable bonds is 4. The van der Waals surface area contributed by atoms with Gasteiger partial charge in [0.15, 0.2) is 0 Å². The number of nitrogens with one attached hydrogen (secondary N) is 2. The van der Waals surface area contributed by atoms with Gasteiger partial charge in [0.1, 0.15) is 0 Å². The first kappa shape index (κ1) is 15.3. The maximum atomic E-state index is 11.9. The Kier molecular flexibility index (Phi) is 5.17.